The van der Waals surface area contributed by atoms with Gasteiger partial charge in [0.2, 0.25) is 0 Å². The van der Waals surface area contributed by atoms with E-state index in [1.165, 1.54) is 18.4 Å². The maximum Gasteiger partial charge on any atom is 0.159 e. The van der Waals surface area contributed by atoms with Gasteiger partial charge in [-0.05, 0) is 108 Å². The average Bonchev–Trinajstić information content (AvgIpc) is 2.74. The number of hydrogen-bond donors (Lipinski definition) is 2. The molecule has 3 nitrogen and oxygen atoms in total. The lowest BCUT2D eigenvalue weighted by atomic mass is 9.33. The fraction of sp³-hybridized carbons (Fsp3) is 0.900. The van der Waals surface area contributed by atoms with Crippen LogP contribution < -0.4 is 0 Å². The minimum absolute atomic E-state index is 0.0305. The molecule has 5 aliphatic rings. The molecular weight excluding hydrogens is 408 g/mol. The zero-order valence-corrected chi connectivity index (χ0v) is 22.3. The van der Waals surface area contributed by atoms with Crippen LogP contribution in [0.1, 0.15) is 106 Å². The van der Waals surface area contributed by atoms with Crippen LogP contribution >= 0.6 is 0 Å². The lowest BCUT2D eigenvalue weighted by Crippen LogP contribution is -2.66. The molecule has 33 heavy (non-hydrogen) atoms. The van der Waals surface area contributed by atoms with Gasteiger partial charge in [0.15, 0.2) is 5.78 Å². The molecule has 0 aromatic heterocycles. The Morgan fingerprint density at radius 3 is 2.24 bits per heavy atom. The Kier molecular flexibility index (Phi) is 5.07. The van der Waals surface area contributed by atoms with Gasteiger partial charge in [0.1, 0.15) is 0 Å². The van der Waals surface area contributed by atoms with Crippen LogP contribution in [0.3, 0.4) is 0 Å². The van der Waals surface area contributed by atoms with E-state index in [0.717, 1.165) is 44.9 Å². The van der Waals surface area contributed by atoms with E-state index >= 15 is 0 Å². The summed E-state index contributed by atoms with van der Waals surface area (Å²) in [4.78, 5) is 14.2. The highest BCUT2D eigenvalue weighted by atomic mass is 16.3. The van der Waals surface area contributed by atoms with Crippen molar-refractivity contribution in [2.75, 3.05) is 6.61 Å². The number of aliphatic hydroxyl groups is 2. The maximum atomic E-state index is 14.2. The van der Waals surface area contributed by atoms with E-state index in [1.54, 1.807) is 0 Å². The highest BCUT2D eigenvalue weighted by Crippen LogP contribution is 2.75. The molecule has 9 atom stereocenters. The van der Waals surface area contributed by atoms with E-state index in [1.807, 2.05) is 0 Å². The first-order valence-electron chi connectivity index (χ1n) is 13.7. The van der Waals surface area contributed by atoms with Crippen molar-refractivity contribution in [2.45, 2.75) is 112 Å². The van der Waals surface area contributed by atoms with Crippen molar-refractivity contribution >= 4 is 5.78 Å². The number of carbonyl (C=O) groups excluding carboxylic acids is 1. The number of hydrogen-bond acceptors (Lipinski definition) is 3. The first kappa shape index (κ1) is 24.0. The molecule has 0 aromatic carbocycles. The zero-order valence-electron chi connectivity index (χ0n) is 22.3. The third kappa shape index (κ3) is 2.90. The predicted octanol–water partition coefficient (Wildman–Crippen LogP) is 6.32. The van der Waals surface area contributed by atoms with Crippen LogP contribution in [0, 0.1) is 50.2 Å². The average molecular weight is 457 g/mol. The summed E-state index contributed by atoms with van der Waals surface area (Å²) in [6, 6.07) is 0. The number of carbonyl (C=O) groups is 1. The van der Waals surface area contributed by atoms with Gasteiger partial charge in [-0.15, -0.1) is 0 Å². The molecular formula is C30H48O3. The maximum absolute atomic E-state index is 14.2. The second-order valence-electron chi connectivity index (χ2n) is 15.0. The molecule has 0 amide bonds. The fourth-order valence-corrected chi connectivity index (χ4v) is 10.4. The van der Waals surface area contributed by atoms with Gasteiger partial charge >= 0.3 is 0 Å². The summed E-state index contributed by atoms with van der Waals surface area (Å²) in [7, 11) is 0. The van der Waals surface area contributed by atoms with Gasteiger partial charge in [0.25, 0.3) is 0 Å². The molecule has 4 fully saturated rings. The normalized spacial score (nSPS) is 55.5. The van der Waals surface area contributed by atoms with E-state index in [-0.39, 0.29) is 51.1 Å². The molecule has 5 rings (SSSR count). The Balaban J connectivity index is 1.62. The molecule has 0 heterocycles. The molecule has 186 valence electrons. The molecule has 0 saturated heterocycles. The fourth-order valence-electron chi connectivity index (χ4n) is 10.4. The van der Waals surface area contributed by atoms with E-state index < -0.39 is 0 Å². The van der Waals surface area contributed by atoms with Gasteiger partial charge in [-0.2, -0.15) is 0 Å². The minimum atomic E-state index is -0.269. The Morgan fingerprint density at radius 1 is 0.909 bits per heavy atom. The van der Waals surface area contributed by atoms with Crippen LogP contribution in [0.2, 0.25) is 0 Å². The third-order valence-electron chi connectivity index (χ3n) is 13.0. The topological polar surface area (TPSA) is 57.5 Å². The molecule has 0 spiro atoms. The predicted molar refractivity (Wildman–Crippen MR) is 133 cm³/mol. The summed E-state index contributed by atoms with van der Waals surface area (Å²) < 4.78 is 0. The van der Waals surface area contributed by atoms with Crippen molar-refractivity contribution in [3.63, 3.8) is 0 Å². The van der Waals surface area contributed by atoms with Crippen molar-refractivity contribution in [1.29, 1.82) is 0 Å². The molecule has 0 aromatic rings. The highest BCUT2D eigenvalue weighted by molar-refractivity contribution is 5.95. The number of fused-ring (bicyclic) bond motifs is 7. The van der Waals surface area contributed by atoms with Gasteiger partial charge in [-0.1, -0.05) is 54.0 Å². The third-order valence-corrected chi connectivity index (χ3v) is 13.0. The van der Waals surface area contributed by atoms with Crippen molar-refractivity contribution < 1.29 is 15.0 Å². The molecule has 0 bridgehead atoms. The van der Waals surface area contributed by atoms with Gasteiger partial charge in [0.05, 0.1) is 6.10 Å². The summed E-state index contributed by atoms with van der Waals surface area (Å²) in [5, 5.41) is 21.1. The highest BCUT2D eigenvalue weighted by Gasteiger charge is 2.70. The summed E-state index contributed by atoms with van der Waals surface area (Å²) in [6.07, 6.45) is 11.5. The Bertz CT molecular complexity index is 889. The first-order chi connectivity index (χ1) is 15.2. The van der Waals surface area contributed by atoms with Gasteiger partial charge in [-0.25, -0.2) is 0 Å². The SMILES string of the molecule is CC1(CO)CC[C@]2(C)CC[C@]3(C)C(=CC(=O)[C@@H]4[C@@]5(C)CC[C@H](O)C(C)(C)C5CC[C@]43C)[C@@H]2C1. The Labute approximate surface area is 201 Å². The molecule has 2 N–H and O–H groups in total. The largest absolute Gasteiger partial charge is 0.396 e. The zero-order chi connectivity index (χ0) is 24.2. The summed E-state index contributed by atoms with van der Waals surface area (Å²) in [6.45, 7) is 16.8. The number of allylic oxidation sites excluding steroid dienone is 2. The van der Waals surface area contributed by atoms with Crippen LogP contribution in [-0.4, -0.2) is 28.7 Å². The van der Waals surface area contributed by atoms with Crippen molar-refractivity contribution in [1.82, 2.24) is 0 Å². The van der Waals surface area contributed by atoms with E-state index in [0.29, 0.717) is 17.6 Å². The number of ketones is 1. The lowest BCUT2D eigenvalue weighted by molar-refractivity contribution is -0.202. The summed E-state index contributed by atoms with van der Waals surface area (Å²) in [5.41, 5.74) is 1.46. The Morgan fingerprint density at radius 2 is 1.58 bits per heavy atom. The number of rotatable bonds is 1. The van der Waals surface area contributed by atoms with Crippen LogP contribution in [0.25, 0.3) is 0 Å². The van der Waals surface area contributed by atoms with Crippen LogP contribution in [-0.2, 0) is 4.79 Å². The molecule has 2 unspecified atom stereocenters. The van der Waals surface area contributed by atoms with Gasteiger partial charge < -0.3 is 10.2 Å². The smallest absolute Gasteiger partial charge is 0.159 e. The summed E-state index contributed by atoms with van der Waals surface area (Å²) >= 11 is 0. The molecule has 0 aliphatic heterocycles. The summed E-state index contributed by atoms with van der Waals surface area (Å²) in [5.74, 6) is 1.20. The Hall–Kier alpha value is -0.670. The van der Waals surface area contributed by atoms with Crippen LogP contribution in [0.15, 0.2) is 11.6 Å². The van der Waals surface area contributed by atoms with Crippen molar-refractivity contribution in [2.24, 2.45) is 50.2 Å². The lowest BCUT2D eigenvalue weighted by Gasteiger charge is -2.70. The van der Waals surface area contributed by atoms with Crippen molar-refractivity contribution in [3.05, 3.63) is 11.6 Å². The number of aliphatic hydroxyl groups excluding tert-OH is 2. The van der Waals surface area contributed by atoms with E-state index in [9.17, 15) is 15.0 Å². The van der Waals surface area contributed by atoms with Crippen molar-refractivity contribution in [3.8, 4) is 0 Å². The second kappa shape index (κ2) is 6.96. The molecule has 3 heteroatoms. The van der Waals surface area contributed by atoms with Crippen LogP contribution in [0.4, 0.5) is 0 Å². The standard InChI is InChI=1S/C30H48O3/c1-25(2)22-8-11-30(7)24(28(22,5)10-9-23(25)33)21(32)16-19-20-17-26(3,18-31)12-13-27(20,4)14-15-29(19,30)6/h16,20,22-24,31,33H,8-15,17-18H2,1-7H3/t20-,22?,23-,24+,26?,27+,28-,29+,30+/m0/s1. The quantitative estimate of drug-likeness (QED) is 0.485. The minimum Gasteiger partial charge on any atom is -0.396 e. The van der Waals surface area contributed by atoms with Gasteiger partial charge in [-0.3, -0.25) is 4.79 Å². The van der Waals surface area contributed by atoms with Gasteiger partial charge in [0, 0.05) is 12.5 Å². The molecule has 5 aliphatic carbocycles. The monoisotopic (exact) mass is 456 g/mol. The second-order valence-corrected chi connectivity index (χ2v) is 15.0. The molecule has 4 saturated carbocycles. The van der Waals surface area contributed by atoms with E-state index in [2.05, 4.69) is 54.5 Å². The first-order valence-corrected chi connectivity index (χ1v) is 13.7. The van der Waals surface area contributed by atoms with Crippen LogP contribution in [0.5, 0.6) is 0 Å². The van der Waals surface area contributed by atoms with E-state index in [4.69, 9.17) is 0 Å². The molecule has 0 radical (unpaired) electrons.